The molecule has 1 amide bonds. The lowest BCUT2D eigenvalue weighted by Crippen LogP contribution is -2.16. The predicted molar refractivity (Wildman–Crippen MR) is 102 cm³/mol. The molecule has 3 aromatic rings. The minimum absolute atomic E-state index is 0.0710. The summed E-state index contributed by atoms with van der Waals surface area (Å²) in [5.41, 5.74) is 1.34. The van der Waals surface area contributed by atoms with Crippen molar-refractivity contribution in [1.29, 1.82) is 0 Å². The van der Waals surface area contributed by atoms with E-state index >= 15 is 0 Å². The fourth-order valence-corrected chi connectivity index (χ4v) is 2.82. The number of aromatic nitrogens is 2. The van der Waals surface area contributed by atoms with Gasteiger partial charge in [-0.15, -0.1) is 0 Å². The van der Waals surface area contributed by atoms with E-state index < -0.39 is 29.0 Å². The van der Waals surface area contributed by atoms with Crippen LogP contribution < -0.4 is 5.32 Å². The number of hydrogen-bond acceptors (Lipinski definition) is 4. The average Bonchev–Trinajstić information content (AvgIpc) is 2.69. The molecule has 9 heteroatoms. The van der Waals surface area contributed by atoms with Gasteiger partial charge in [-0.1, -0.05) is 35.9 Å². The van der Waals surface area contributed by atoms with Gasteiger partial charge in [0.2, 0.25) is 0 Å². The van der Waals surface area contributed by atoms with Crippen molar-refractivity contribution in [2.75, 3.05) is 5.32 Å². The van der Waals surface area contributed by atoms with Crippen LogP contribution in [0.5, 0.6) is 0 Å². The largest absolute Gasteiger partial charge is 0.441 e. The van der Waals surface area contributed by atoms with Crippen LogP contribution in [0.2, 0.25) is 5.02 Å². The van der Waals surface area contributed by atoms with Crippen molar-refractivity contribution in [3.63, 3.8) is 0 Å². The molecule has 1 atom stereocenters. The second-order valence-electron chi connectivity index (χ2n) is 6.11. The molecule has 0 aliphatic heterocycles. The molecule has 1 aromatic heterocycles. The first-order chi connectivity index (χ1) is 13.7. The Hall–Kier alpha value is -3.13. The molecule has 0 spiro atoms. The summed E-state index contributed by atoms with van der Waals surface area (Å²) >= 11 is 5.57. The Morgan fingerprint density at radius 3 is 2.34 bits per heavy atom. The summed E-state index contributed by atoms with van der Waals surface area (Å²) in [7, 11) is 0. The van der Waals surface area contributed by atoms with Crippen LogP contribution >= 0.6 is 11.6 Å². The van der Waals surface area contributed by atoms with Crippen LogP contribution in [0.3, 0.4) is 0 Å². The molecule has 0 saturated carbocycles. The number of nitrogens with zero attached hydrogens (tertiary/aromatic N) is 2. The van der Waals surface area contributed by atoms with Gasteiger partial charge in [-0.2, -0.15) is 13.2 Å². The molecule has 2 aromatic carbocycles. The van der Waals surface area contributed by atoms with Gasteiger partial charge in [-0.25, -0.2) is 14.8 Å². The molecule has 0 saturated heterocycles. The van der Waals surface area contributed by atoms with Crippen LogP contribution in [0.15, 0.2) is 61.2 Å². The quantitative estimate of drug-likeness (QED) is 0.550. The van der Waals surface area contributed by atoms with Crippen molar-refractivity contribution < 1.29 is 22.7 Å². The Labute approximate surface area is 169 Å². The van der Waals surface area contributed by atoms with Crippen LogP contribution in [0, 0.1) is 0 Å². The van der Waals surface area contributed by atoms with Crippen molar-refractivity contribution in [2.24, 2.45) is 0 Å². The Morgan fingerprint density at radius 2 is 1.72 bits per heavy atom. The SMILES string of the molecule is CC(OC(=O)Nc1ccc(Cl)c(C(F)(F)F)c1)c1ccc(-c2cncnc2)cc1. The van der Waals surface area contributed by atoms with Crippen LogP contribution in [-0.4, -0.2) is 16.1 Å². The topological polar surface area (TPSA) is 64.1 Å². The summed E-state index contributed by atoms with van der Waals surface area (Å²) in [6.07, 6.45) is -1.34. The van der Waals surface area contributed by atoms with Gasteiger partial charge in [-0.3, -0.25) is 5.32 Å². The zero-order valence-electron chi connectivity index (χ0n) is 15.1. The number of benzene rings is 2. The van der Waals surface area contributed by atoms with E-state index in [4.69, 9.17) is 16.3 Å². The molecule has 0 aliphatic carbocycles. The molecule has 3 rings (SSSR count). The number of carbonyl (C=O) groups excluding carboxylic acids is 1. The van der Waals surface area contributed by atoms with Crippen molar-refractivity contribution in [1.82, 2.24) is 9.97 Å². The van der Waals surface area contributed by atoms with Gasteiger partial charge in [0.1, 0.15) is 12.4 Å². The smallest absolute Gasteiger partial charge is 0.417 e. The highest BCUT2D eigenvalue weighted by Gasteiger charge is 2.33. The standard InChI is InChI=1S/C20H15ClF3N3O2/c1-12(13-2-4-14(5-3-13)15-9-25-11-26-10-15)29-19(28)27-16-6-7-18(21)17(8-16)20(22,23)24/h2-12H,1H3,(H,27,28). The molecule has 29 heavy (non-hydrogen) atoms. The highest BCUT2D eigenvalue weighted by atomic mass is 35.5. The van der Waals surface area contributed by atoms with Crippen molar-refractivity contribution in [3.05, 3.63) is 77.3 Å². The van der Waals surface area contributed by atoms with E-state index in [2.05, 4.69) is 15.3 Å². The van der Waals surface area contributed by atoms with Gasteiger partial charge in [0, 0.05) is 23.6 Å². The fourth-order valence-electron chi connectivity index (χ4n) is 2.59. The number of rotatable bonds is 4. The molecule has 5 nitrogen and oxygen atoms in total. The highest BCUT2D eigenvalue weighted by molar-refractivity contribution is 6.31. The number of nitrogens with one attached hydrogen (secondary N) is 1. The minimum atomic E-state index is -4.63. The van der Waals surface area contributed by atoms with E-state index in [1.165, 1.54) is 12.4 Å². The van der Waals surface area contributed by atoms with E-state index in [9.17, 15) is 18.0 Å². The molecule has 0 radical (unpaired) electrons. The van der Waals surface area contributed by atoms with Crippen LogP contribution in [-0.2, 0) is 10.9 Å². The summed E-state index contributed by atoms with van der Waals surface area (Å²) in [6, 6.07) is 10.3. The van der Waals surface area contributed by atoms with E-state index in [0.717, 1.165) is 23.3 Å². The molecule has 1 N–H and O–H groups in total. The second-order valence-corrected chi connectivity index (χ2v) is 6.52. The van der Waals surface area contributed by atoms with Crippen LogP contribution in [0.25, 0.3) is 11.1 Å². The van der Waals surface area contributed by atoms with E-state index in [-0.39, 0.29) is 5.69 Å². The molecular formula is C20H15ClF3N3O2. The number of carbonyl (C=O) groups is 1. The molecule has 0 bridgehead atoms. The molecular weight excluding hydrogens is 407 g/mol. The van der Waals surface area contributed by atoms with Crippen LogP contribution in [0.4, 0.5) is 23.7 Å². The number of halogens is 4. The zero-order chi connectivity index (χ0) is 21.0. The first-order valence-corrected chi connectivity index (χ1v) is 8.81. The fraction of sp³-hybridized carbons (Fsp3) is 0.150. The number of amides is 1. The van der Waals surface area contributed by atoms with E-state index in [1.807, 2.05) is 12.1 Å². The maximum absolute atomic E-state index is 12.9. The number of hydrogen-bond donors (Lipinski definition) is 1. The number of alkyl halides is 3. The zero-order valence-corrected chi connectivity index (χ0v) is 15.8. The molecule has 150 valence electrons. The van der Waals surface area contributed by atoms with Gasteiger partial charge in [0.25, 0.3) is 0 Å². The van der Waals surface area contributed by atoms with E-state index in [1.54, 1.807) is 31.5 Å². The summed E-state index contributed by atoms with van der Waals surface area (Å²) in [5, 5.41) is 1.83. The molecule has 1 unspecified atom stereocenters. The lowest BCUT2D eigenvalue weighted by atomic mass is 10.0. The molecule has 1 heterocycles. The normalized spacial score (nSPS) is 12.3. The van der Waals surface area contributed by atoms with Gasteiger partial charge in [0.05, 0.1) is 10.6 Å². The summed E-state index contributed by atoms with van der Waals surface area (Å²) < 4.78 is 44.0. The van der Waals surface area contributed by atoms with Crippen LogP contribution in [0.1, 0.15) is 24.2 Å². The first kappa shape index (κ1) is 20.6. The third-order valence-corrected chi connectivity index (χ3v) is 4.41. The lowest BCUT2D eigenvalue weighted by molar-refractivity contribution is -0.137. The van der Waals surface area contributed by atoms with Crippen molar-refractivity contribution in [3.8, 4) is 11.1 Å². The first-order valence-electron chi connectivity index (χ1n) is 8.44. The van der Waals surface area contributed by atoms with Crippen molar-refractivity contribution >= 4 is 23.4 Å². The Bertz CT molecular complexity index is 996. The Kier molecular flexibility index (Phi) is 6.03. The van der Waals surface area contributed by atoms with Crippen molar-refractivity contribution in [2.45, 2.75) is 19.2 Å². The van der Waals surface area contributed by atoms with E-state index in [0.29, 0.717) is 5.56 Å². The lowest BCUT2D eigenvalue weighted by Gasteiger charge is -2.16. The summed E-state index contributed by atoms with van der Waals surface area (Å²) in [4.78, 5) is 20.0. The second kappa shape index (κ2) is 8.48. The third kappa shape index (κ3) is 5.23. The highest BCUT2D eigenvalue weighted by Crippen LogP contribution is 2.36. The summed E-state index contributed by atoms with van der Waals surface area (Å²) in [5.74, 6) is 0. The maximum atomic E-state index is 12.9. The van der Waals surface area contributed by atoms with Gasteiger partial charge < -0.3 is 4.74 Å². The maximum Gasteiger partial charge on any atom is 0.417 e. The average molecular weight is 422 g/mol. The van der Waals surface area contributed by atoms with Gasteiger partial charge in [0.15, 0.2) is 0 Å². The van der Waals surface area contributed by atoms with Gasteiger partial charge >= 0.3 is 12.3 Å². The predicted octanol–water partition coefficient (Wildman–Crippen LogP) is 6.13. The molecule has 0 aliphatic rings. The van der Waals surface area contributed by atoms with Gasteiger partial charge in [-0.05, 0) is 36.2 Å². The third-order valence-electron chi connectivity index (χ3n) is 4.08. The minimum Gasteiger partial charge on any atom is -0.441 e. The Balaban J connectivity index is 1.65. The number of anilines is 1. The Morgan fingerprint density at radius 1 is 1.07 bits per heavy atom. The monoisotopic (exact) mass is 421 g/mol. The summed E-state index contributed by atoms with van der Waals surface area (Å²) in [6.45, 7) is 1.66. The molecule has 0 fully saturated rings. The number of ether oxygens (including phenoxy) is 1.